The molecule has 2 heterocycles. The first-order valence-electron chi connectivity index (χ1n) is 8.20. The van der Waals surface area contributed by atoms with Gasteiger partial charge in [0.2, 0.25) is 11.8 Å². The molecular formula is C17H19N5O4. The van der Waals surface area contributed by atoms with Crippen LogP contribution < -0.4 is 9.64 Å². The number of piperazine rings is 1. The third-order valence-corrected chi connectivity index (χ3v) is 4.29. The second-order valence-corrected chi connectivity index (χ2v) is 5.90. The van der Waals surface area contributed by atoms with E-state index in [0.29, 0.717) is 32.1 Å². The van der Waals surface area contributed by atoms with Gasteiger partial charge < -0.3 is 14.5 Å². The molecule has 0 spiro atoms. The minimum Gasteiger partial charge on any atom is -0.480 e. The average molecular weight is 357 g/mol. The predicted octanol–water partition coefficient (Wildman–Crippen LogP) is 1.28. The summed E-state index contributed by atoms with van der Waals surface area (Å²) in [7, 11) is 1.54. The summed E-state index contributed by atoms with van der Waals surface area (Å²) in [5.74, 6) is 1.23. The molecule has 0 unspecified atom stereocenters. The lowest BCUT2D eigenvalue weighted by Gasteiger charge is -2.35. The first-order valence-corrected chi connectivity index (χ1v) is 8.20. The van der Waals surface area contributed by atoms with Gasteiger partial charge in [-0.2, -0.15) is 0 Å². The number of hydrogen-bond acceptors (Lipinski definition) is 7. The normalized spacial score (nSPS) is 14.2. The van der Waals surface area contributed by atoms with Crippen LogP contribution in [0.15, 0.2) is 36.4 Å². The number of aromatic nitrogens is 2. The van der Waals surface area contributed by atoms with Gasteiger partial charge >= 0.3 is 0 Å². The molecule has 1 fully saturated rings. The number of ether oxygens (including phenoxy) is 1. The summed E-state index contributed by atoms with van der Waals surface area (Å²) in [5, 5.41) is 18.8. The fraction of sp³-hybridized carbons (Fsp3) is 0.353. The molecule has 0 N–H and O–H groups in total. The molecule has 9 heteroatoms. The van der Waals surface area contributed by atoms with E-state index in [9.17, 15) is 14.9 Å². The standard InChI is InChI=1S/C17H19N5O4/c1-26-16-7-6-15(18-19-16)20-8-10-21(11-9-20)17(23)12-13-2-4-14(5-3-13)22(24)25/h2-7H,8-12H2,1H3. The molecule has 1 aromatic carbocycles. The molecule has 1 aromatic heterocycles. The van der Waals surface area contributed by atoms with Crippen molar-refractivity contribution in [2.45, 2.75) is 6.42 Å². The Morgan fingerprint density at radius 1 is 1.12 bits per heavy atom. The Bertz CT molecular complexity index is 771. The molecule has 3 rings (SSSR count). The number of non-ortho nitro benzene ring substituents is 1. The number of benzene rings is 1. The Hall–Kier alpha value is -3.23. The molecule has 0 aliphatic carbocycles. The molecule has 1 amide bonds. The summed E-state index contributed by atoms with van der Waals surface area (Å²) in [6.07, 6.45) is 0.236. The Labute approximate surface area is 150 Å². The van der Waals surface area contributed by atoms with Crippen molar-refractivity contribution in [1.82, 2.24) is 15.1 Å². The number of amides is 1. The van der Waals surface area contributed by atoms with E-state index in [1.807, 2.05) is 6.07 Å². The maximum Gasteiger partial charge on any atom is 0.269 e. The third-order valence-electron chi connectivity index (χ3n) is 4.29. The van der Waals surface area contributed by atoms with E-state index in [1.54, 1.807) is 30.2 Å². The van der Waals surface area contributed by atoms with Gasteiger partial charge in [0.25, 0.3) is 5.69 Å². The van der Waals surface area contributed by atoms with E-state index in [4.69, 9.17) is 4.74 Å². The van der Waals surface area contributed by atoms with Crippen molar-refractivity contribution in [3.05, 3.63) is 52.1 Å². The van der Waals surface area contributed by atoms with Crippen LogP contribution in [-0.4, -0.2) is 59.2 Å². The van der Waals surface area contributed by atoms with Crippen molar-refractivity contribution in [1.29, 1.82) is 0 Å². The zero-order valence-electron chi connectivity index (χ0n) is 14.4. The van der Waals surface area contributed by atoms with Crippen molar-refractivity contribution in [2.24, 2.45) is 0 Å². The molecule has 0 bridgehead atoms. The number of hydrogen-bond donors (Lipinski definition) is 0. The summed E-state index contributed by atoms with van der Waals surface area (Å²) < 4.78 is 5.00. The number of methoxy groups -OCH3 is 1. The zero-order chi connectivity index (χ0) is 18.5. The summed E-state index contributed by atoms with van der Waals surface area (Å²) in [5.41, 5.74) is 0.791. The molecule has 1 saturated heterocycles. The van der Waals surface area contributed by atoms with E-state index >= 15 is 0 Å². The number of carbonyl (C=O) groups is 1. The Balaban J connectivity index is 1.53. The van der Waals surface area contributed by atoms with Gasteiger partial charge in [0.15, 0.2) is 5.82 Å². The fourth-order valence-electron chi connectivity index (χ4n) is 2.80. The number of nitro groups is 1. The van der Waals surface area contributed by atoms with Crippen LogP contribution in [0.2, 0.25) is 0 Å². The molecule has 1 aliphatic rings. The van der Waals surface area contributed by atoms with Crippen LogP contribution >= 0.6 is 0 Å². The molecule has 9 nitrogen and oxygen atoms in total. The molecular weight excluding hydrogens is 338 g/mol. The van der Waals surface area contributed by atoms with Crippen molar-refractivity contribution >= 4 is 17.4 Å². The number of carbonyl (C=O) groups excluding carboxylic acids is 1. The second-order valence-electron chi connectivity index (χ2n) is 5.90. The third kappa shape index (κ3) is 4.05. The molecule has 0 saturated carbocycles. The molecule has 0 radical (unpaired) electrons. The van der Waals surface area contributed by atoms with Gasteiger partial charge in [-0.1, -0.05) is 12.1 Å². The van der Waals surface area contributed by atoms with Gasteiger partial charge in [0, 0.05) is 44.4 Å². The maximum atomic E-state index is 12.4. The smallest absolute Gasteiger partial charge is 0.269 e. The van der Waals surface area contributed by atoms with Gasteiger partial charge in [0.1, 0.15) is 0 Å². The van der Waals surface area contributed by atoms with E-state index in [-0.39, 0.29) is 18.0 Å². The lowest BCUT2D eigenvalue weighted by Crippen LogP contribution is -2.49. The molecule has 2 aromatic rings. The number of nitro benzene ring substituents is 1. The van der Waals surface area contributed by atoms with Gasteiger partial charge in [-0.3, -0.25) is 14.9 Å². The molecule has 26 heavy (non-hydrogen) atoms. The van der Waals surface area contributed by atoms with Crippen LogP contribution in [0.3, 0.4) is 0 Å². The minimum atomic E-state index is -0.452. The Kier molecular flexibility index (Phi) is 5.26. The van der Waals surface area contributed by atoms with Gasteiger partial charge in [0.05, 0.1) is 18.5 Å². The first-order chi connectivity index (χ1) is 12.6. The van der Waals surface area contributed by atoms with E-state index in [2.05, 4.69) is 15.1 Å². The van der Waals surface area contributed by atoms with Crippen LogP contribution in [0.5, 0.6) is 5.88 Å². The highest BCUT2D eigenvalue weighted by Crippen LogP contribution is 2.16. The van der Waals surface area contributed by atoms with Gasteiger partial charge in [-0.25, -0.2) is 0 Å². The summed E-state index contributed by atoms with van der Waals surface area (Å²) in [4.78, 5) is 26.5. The SMILES string of the molecule is COc1ccc(N2CCN(C(=O)Cc3ccc([N+](=O)[O-])cc3)CC2)nn1. The van der Waals surface area contributed by atoms with Crippen molar-refractivity contribution in [3.8, 4) is 5.88 Å². The quantitative estimate of drug-likeness (QED) is 0.587. The lowest BCUT2D eigenvalue weighted by molar-refractivity contribution is -0.384. The van der Waals surface area contributed by atoms with E-state index in [0.717, 1.165) is 11.4 Å². The van der Waals surface area contributed by atoms with E-state index < -0.39 is 4.92 Å². The van der Waals surface area contributed by atoms with Gasteiger partial charge in [-0.05, 0) is 11.6 Å². The predicted molar refractivity (Wildman–Crippen MR) is 94.2 cm³/mol. The molecule has 0 atom stereocenters. The Morgan fingerprint density at radius 3 is 2.35 bits per heavy atom. The van der Waals surface area contributed by atoms with Crippen molar-refractivity contribution in [3.63, 3.8) is 0 Å². The fourth-order valence-corrected chi connectivity index (χ4v) is 2.80. The first kappa shape index (κ1) is 17.6. The van der Waals surface area contributed by atoms with Crippen LogP contribution in [0.25, 0.3) is 0 Å². The highest BCUT2D eigenvalue weighted by molar-refractivity contribution is 5.79. The van der Waals surface area contributed by atoms with Crippen LogP contribution in [0.1, 0.15) is 5.56 Å². The molecule has 1 aliphatic heterocycles. The second kappa shape index (κ2) is 7.77. The lowest BCUT2D eigenvalue weighted by atomic mass is 10.1. The number of rotatable bonds is 5. The maximum absolute atomic E-state index is 12.4. The van der Waals surface area contributed by atoms with Crippen molar-refractivity contribution < 1.29 is 14.5 Å². The number of nitrogens with zero attached hydrogens (tertiary/aromatic N) is 5. The summed E-state index contributed by atoms with van der Waals surface area (Å²) >= 11 is 0. The highest BCUT2D eigenvalue weighted by atomic mass is 16.6. The average Bonchev–Trinajstić information content (AvgIpc) is 2.68. The zero-order valence-corrected chi connectivity index (χ0v) is 14.4. The van der Waals surface area contributed by atoms with Crippen LogP contribution in [0.4, 0.5) is 11.5 Å². The van der Waals surface area contributed by atoms with Crippen LogP contribution in [0, 0.1) is 10.1 Å². The monoisotopic (exact) mass is 357 g/mol. The van der Waals surface area contributed by atoms with E-state index in [1.165, 1.54) is 12.1 Å². The topological polar surface area (TPSA) is 102 Å². The van der Waals surface area contributed by atoms with Crippen molar-refractivity contribution in [2.75, 3.05) is 38.2 Å². The van der Waals surface area contributed by atoms with Gasteiger partial charge in [-0.15, -0.1) is 10.2 Å². The van der Waals surface area contributed by atoms with Crippen LogP contribution in [-0.2, 0) is 11.2 Å². The largest absolute Gasteiger partial charge is 0.480 e. The molecule has 136 valence electrons. The summed E-state index contributed by atoms with van der Waals surface area (Å²) in [6.45, 7) is 2.54. The highest BCUT2D eigenvalue weighted by Gasteiger charge is 2.22. The summed E-state index contributed by atoms with van der Waals surface area (Å²) in [6, 6.07) is 9.69. The number of anilines is 1. The minimum absolute atomic E-state index is 0.0133. The Morgan fingerprint density at radius 2 is 1.81 bits per heavy atom.